The fourth-order valence-corrected chi connectivity index (χ4v) is 3.69. The van der Waals surface area contributed by atoms with Crippen molar-refractivity contribution in [1.29, 1.82) is 0 Å². The Morgan fingerprint density at radius 1 is 1.20 bits per heavy atom. The highest BCUT2D eigenvalue weighted by atomic mass is 19.1. The van der Waals surface area contributed by atoms with E-state index in [0.29, 0.717) is 29.4 Å². The Balaban J connectivity index is 1.56. The molecule has 5 rings (SSSR count). The van der Waals surface area contributed by atoms with Gasteiger partial charge in [-0.05, 0) is 42.0 Å². The van der Waals surface area contributed by atoms with Gasteiger partial charge in [0, 0.05) is 29.9 Å². The molecule has 2 aromatic carbocycles. The molecular formula is C25H20FN7O2. The van der Waals surface area contributed by atoms with Crippen LogP contribution in [0.25, 0.3) is 22.2 Å². The quantitative estimate of drug-likeness (QED) is 0.326. The normalized spacial score (nSPS) is 10.9. The number of nitrogens with one attached hydrogen (secondary N) is 2. The van der Waals surface area contributed by atoms with Gasteiger partial charge in [0.2, 0.25) is 5.91 Å². The molecule has 35 heavy (non-hydrogen) atoms. The van der Waals surface area contributed by atoms with Crippen molar-refractivity contribution in [2.75, 3.05) is 4.90 Å². The van der Waals surface area contributed by atoms with Gasteiger partial charge in [0.25, 0.3) is 0 Å². The maximum Gasteiger partial charge on any atom is 0.243 e. The molecule has 10 heteroatoms. The standard InChI is InChI=1S/C25H20FN7O2/c1-2-24(34)28-12-19-10-23(35-32-19)21-13-27-15-29-25(21)33(14-16-4-3-5-18(26)8-16)20-6-7-22-17(9-20)11-30-31-22/h2-11,13,15H,1,12,14H2,(H,28,34)(H,30,31). The summed E-state index contributed by atoms with van der Waals surface area (Å²) in [5.41, 5.74) is 3.59. The van der Waals surface area contributed by atoms with Gasteiger partial charge >= 0.3 is 0 Å². The Bertz CT molecular complexity index is 1510. The summed E-state index contributed by atoms with van der Waals surface area (Å²) in [5.74, 6) is 0.341. The highest BCUT2D eigenvalue weighted by molar-refractivity contribution is 5.87. The fraction of sp³-hybridized carbons (Fsp3) is 0.0800. The van der Waals surface area contributed by atoms with Crippen LogP contribution in [-0.4, -0.2) is 31.2 Å². The first-order chi connectivity index (χ1) is 17.1. The van der Waals surface area contributed by atoms with E-state index in [-0.39, 0.29) is 18.3 Å². The molecule has 2 N–H and O–H groups in total. The molecule has 1 amide bonds. The molecule has 0 atom stereocenters. The number of amides is 1. The van der Waals surface area contributed by atoms with Crippen LogP contribution in [0, 0.1) is 5.82 Å². The Morgan fingerprint density at radius 2 is 2.11 bits per heavy atom. The van der Waals surface area contributed by atoms with Crippen LogP contribution in [0.3, 0.4) is 0 Å². The van der Waals surface area contributed by atoms with Gasteiger partial charge in [-0.3, -0.25) is 9.89 Å². The summed E-state index contributed by atoms with van der Waals surface area (Å²) in [5, 5.41) is 14.7. The zero-order valence-corrected chi connectivity index (χ0v) is 18.5. The Hall–Kier alpha value is -4.86. The molecule has 174 valence electrons. The number of halogens is 1. The topological polar surface area (TPSA) is 113 Å². The first-order valence-corrected chi connectivity index (χ1v) is 10.7. The number of rotatable bonds is 8. The maximum atomic E-state index is 14.0. The number of carbonyl (C=O) groups excluding carboxylic acids is 1. The number of fused-ring (bicyclic) bond motifs is 1. The number of aromatic nitrogens is 5. The van der Waals surface area contributed by atoms with Gasteiger partial charge in [0.1, 0.15) is 23.7 Å². The SMILES string of the molecule is C=CC(=O)NCc1cc(-c2cncnc2N(Cc2cccc(F)c2)c2ccc3[nH]ncc3c2)on1. The van der Waals surface area contributed by atoms with E-state index < -0.39 is 0 Å². The minimum Gasteiger partial charge on any atom is -0.356 e. The Kier molecular flexibility index (Phi) is 6.00. The van der Waals surface area contributed by atoms with Crippen LogP contribution in [-0.2, 0) is 17.9 Å². The largest absolute Gasteiger partial charge is 0.356 e. The molecule has 0 unspecified atom stereocenters. The van der Waals surface area contributed by atoms with Crippen molar-refractivity contribution in [3.8, 4) is 11.3 Å². The van der Waals surface area contributed by atoms with E-state index in [1.165, 1.54) is 24.5 Å². The van der Waals surface area contributed by atoms with Crippen molar-refractivity contribution >= 4 is 28.3 Å². The van der Waals surface area contributed by atoms with Crippen LogP contribution in [0.2, 0.25) is 0 Å². The average Bonchev–Trinajstić information content (AvgIpc) is 3.55. The maximum absolute atomic E-state index is 14.0. The molecule has 3 aromatic heterocycles. The van der Waals surface area contributed by atoms with E-state index in [4.69, 9.17) is 4.52 Å². The highest BCUT2D eigenvalue weighted by Crippen LogP contribution is 2.35. The van der Waals surface area contributed by atoms with Gasteiger partial charge in [0.15, 0.2) is 5.76 Å². The van der Waals surface area contributed by atoms with E-state index in [2.05, 4.69) is 37.2 Å². The summed E-state index contributed by atoms with van der Waals surface area (Å²) in [4.78, 5) is 22.1. The lowest BCUT2D eigenvalue weighted by Gasteiger charge is -2.25. The van der Waals surface area contributed by atoms with Gasteiger partial charge in [0.05, 0.1) is 23.8 Å². The van der Waals surface area contributed by atoms with E-state index in [0.717, 1.165) is 22.2 Å². The summed E-state index contributed by atoms with van der Waals surface area (Å²) in [6.45, 7) is 3.95. The van der Waals surface area contributed by atoms with Crippen molar-refractivity contribution < 1.29 is 13.7 Å². The third-order valence-electron chi connectivity index (χ3n) is 5.37. The number of aromatic amines is 1. The van der Waals surface area contributed by atoms with Crippen molar-refractivity contribution in [2.45, 2.75) is 13.1 Å². The Morgan fingerprint density at radius 3 is 2.97 bits per heavy atom. The third-order valence-corrected chi connectivity index (χ3v) is 5.37. The molecule has 5 aromatic rings. The molecule has 0 aliphatic rings. The van der Waals surface area contributed by atoms with Crippen molar-refractivity contribution in [2.24, 2.45) is 0 Å². The van der Waals surface area contributed by atoms with Crippen LogP contribution in [0.5, 0.6) is 0 Å². The van der Waals surface area contributed by atoms with Gasteiger partial charge in [-0.1, -0.05) is 23.9 Å². The molecule has 0 radical (unpaired) electrons. The lowest BCUT2D eigenvalue weighted by Crippen LogP contribution is -2.20. The lowest BCUT2D eigenvalue weighted by atomic mass is 10.1. The summed E-state index contributed by atoms with van der Waals surface area (Å²) in [6, 6.07) is 14.0. The second-order valence-corrected chi connectivity index (χ2v) is 7.72. The first kappa shape index (κ1) is 22.0. The van der Waals surface area contributed by atoms with E-state index >= 15 is 0 Å². The zero-order valence-electron chi connectivity index (χ0n) is 18.5. The number of nitrogens with zero attached hydrogens (tertiary/aromatic N) is 5. The third kappa shape index (κ3) is 4.76. The predicted octanol–water partition coefficient (Wildman–Crippen LogP) is 4.29. The van der Waals surface area contributed by atoms with Crippen LogP contribution in [0.4, 0.5) is 15.9 Å². The molecule has 9 nitrogen and oxygen atoms in total. The van der Waals surface area contributed by atoms with Crippen molar-refractivity contribution in [3.05, 3.63) is 97.0 Å². The van der Waals surface area contributed by atoms with Crippen LogP contribution in [0.1, 0.15) is 11.3 Å². The molecule has 0 aliphatic carbocycles. The van der Waals surface area contributed by atoms with Crippen molar-refractivity contribution in [3.63, 3.8) is 0 Å². The summed E-state index contributed by atoms with van der Waals surface area (Å²) >= 11 is 0. The number of H-pyrrole nitrogens is 1. The predicted molar refractivity (Wildman–Crippen MR) is 128 cm³/mol. The molecule has 0 fully saturated rings. The second kappa shape index (κ2) is 9.56. The van der Waals surface area contributed by atoms with Crippen LogP contribution in [0.15, 0.2) is 84.4 Å². The van der Waals surface area contributed by atoms with Crippen molar-refractivity contribution in [1.82, 2.24) is 30.6 Å². The number of anilines is 2. The number of hydrogen-bond acceptors (Lipinski definition) is 7. The minimum absolute atomic E-state index is 0.182. The summed E-state index contributed by atoms with van der Waals surface area (Å²) in [7, 11) is 0. The molecular weight excluding hydrogens is 449 g/mol. The molecule has 0 saturated heterocycles. The van der Waals surface area contributed by atoms with Crippen LogP contribution < -0.4 is 10.2 Å². The zero-order chi connectivity index (χ0) is 24.2. The molecule has 3 heterocycles. The molecule has 0 bridgehead atoms. The average molecular weight is 469 g/mol. The number of hydrogen-bond donors (Lipinski definition) is 2. The van der Waals surface area contributed by atoms with E-state index in [1.807, 2.05) is 29.2 Å². The van der Waals surface area contributed by atoms with Gasteiger partial charge in [-0.25, -0.2) is 14.4 Å². The minimum atomic E-state index is -0.322. The van der Waals surface area contributed by atoms with E-state index in [9.17, 15) is 9.18 Å². The van der Waals surface area contributed by atoms with Gasteiger partial charge in [-0.2, -0.15) is 5.10 Å². The first-order valence-electron chi connectivity index (χ1n) is 10.7. The molecule has 0 saturated carbocycles. The second-order valence-electron chi connectivity index (χ2n) is 7.72. The van der Waals surface area contributed by atoms with Gasteiger partial charge < -0.3 is 14.7 Å². The van der Waals surface area contributed by atoms with Crippen LogP contribution >= 0.6 is 0 Å². The summed E-state index contributed by atoms with van der Waals surface area (Å²) < 4.78 is 19.5. The van der Waals surface area contributed by atoms with Gasteiger partial charge in [-0.15, -0.1) is 0 Å². The number of carbonyl (C=O) groups is 1. The Labute approximate surface area is 199 Å². The smallest absolute Gasteiger partial charge is 0.243 e. The highest BCUT2D eigenvalue weighted by Gasteiger charge is 2.21. The molecule has 0 aliphatic heterocycles. The number of benzene rings is 2. The monoisotopic (exact) mass is 469 g/mol. The lowest BCUT2D eigenvalue weighted by molar-refractivity contribution is -0.116. The van der Waals surface area contributed by atoms with E-state index in [1.54, 1.807) is 24.5 Å². The molecule has 0 spiro atoms. The summed E-state index contributed by atoms with van der Waals surface area (Å²) in [6.07, 6.45) is 5.99. The fourth-order valence-electron chi connectivity index (χ4n) is 3.69.